The van der Waals surface area contributed by atoms with Gasteiger partial charge in [-0.3, -0.25) is 0 Å². The predicted molar refractivity (Wildman–Crippen MR) is 49.6 cm³/mol. The topological polar surface area (TPSA) is 51.8 Å². The van der Waals surface area contributed by atoms with Crippen molar-refractivity contribution in [2.24, 2.45) is 11.7 Å². The highest BCUT2D eigenvalue weighted by Crippen LogP contribution is 2.44. The van der Waals surface area contributed by atoms with E-state index >= 15 is 0 Å². The molecule has 2 rings (SSSR count). The summed E-state index contributed by atoms with van der Waals surface area (Å²) in [7, 11) is 0. The molecule has 0 saturated heterocycles. The van der Waals surface area contributed by atoms with Crippen molar-refractivity contribution in [3.63, 3.8) is 0 Å². The average Bonchev–Trinajstić information content (AvgIpc) is 2.85. The summed E-state index contributed by atoms with van der Waals surface area (Å²) in [5, 5.41) is 0. The molecule has 0 radical (unpaired) electrons. The Labute approximate surface area is 79.5 Å². The van der Waals surface area contributed by atoms with E-state index in [1.165, 1.54) is 0 Å². The lowest BCUT2D eigenvalue weighted by molar-refractivity contribution is 0.776. The first-order valence-corrected chi connectivity index (χ1v) is 4.78. The summed E-state index contributed by atoms with van der Waals surface area (Å²) in [6, 6.07) is 0. The molecular weight excluding hydrogens is 218 g/mol. The molecule has 0 aromatic carbocycles. The lowest BCUT2D eigenvalue weighted by Crippen LogP contribution is -2.03. The van der Waals surface area contributed by atoms with Gasteiger partial charge in [0, 0.05) is 18.3 Å². The van der Waals surface area contributed by atoms with Gasteiger partial charge < -0.3 is 5.73 Å². The van der Waals surface area contributed by atoms with Crippen LogP contribution in [0, 0.1) is 5.92 Å². The maximum Gasteiger partial charge on any atom is 0.131 e. The van der Waals surface area contributed by atoms with Crippen molar-refractivity contribution in [2.45, 2.75) is 12.3 Å². The highest BCUT2D eigenvalue weighted by atomic mass is 79.9. The molecule has 1 fully saturated rings. The van der Waals surface area contributed by atoms with Crippen LogP contribution in [0.15, 0.2) is 16.9 Å². The fourth-order valence-corrected chi connectivity index (χ4v) is 1.54. The molecule has 1 aliphatic carbocycles. The fraction of sp³-hybridized carbons (Fsp3) is 0.500. The number of hydrogen-bond acceptors (Lipinski definition) is 3. The van der Waals surface area contributed by atoms with Gasteiger partial charge in [0.05, 0.1) is 4.47 Å². The lowest BCUT2D eigenvalue weighted by atomic mass is 10.3. The van der Waals surface area contributed by atoms with Crippen LogP contribution in [0.4, 0.5) is 0 Å². The highest BCUT2D eigenvalue weighted by Gasteiger charge is 2.39. The van der Waals surface area contributed by atoms with Crippen molar-refractivity contribution in [1.29, 1.82) is 0 Å². The summed E-state index contributed by atoms with van der Waals surface area (Å²) in [5.74, 6) is 2.07. The quantitative estimate of drug-likeness (QED) is 0.829. The third-order valence-electron chi connectivity index (χ3n) is 2.20. The Kier molecular flexibility index (Phi) is 2.11. The molecule has 0 unspecified atom stereocenters. The predicted octanol–water partition coefficient (Wildman–Crippen LogP) is 1.30. The Bertz CT molecular complexity index is 272. The Morgan fingerprint density at radius 1 is 1.50 bits per heavy atom. The number of hydrogen-bond donors (Lipinski definition) is 1. The van der Waals surface area contributed by atoms with Crippen LogP contribution in [0.1, 0.15) is 18.2 Å². The summed E-state index contributed by atoms with van der Waals surface area (Å²) in [4.78, 5) is 8.45. The first kappa shape index (κ1) is 8.13. The van der Waals surface area contributed by atoms with Crippen LogP contribution in [0.5, 0.6) is 0 Å². The van der Waals surface area contributed by atoms with Gasteiger partial charge in [-0.25, -0.2) is 9.97 Å². The molecule has 0 spiro atoms. The van der Waals surface area contributed by atoms with Gasteiger partial charge in [0.25, 0.3) is 0 Å². The maximum absolute atomic E-state index is 5.53. The molecule has 1 saturated carbocycles. The zero-order chi connectivity index (χ0) is 8.55. The van der Waals surface area contributed by atoms with E-state index in [9.17, 15) is 0 Å². The van der Waals surface area contributed by atoms with E-state index in [1.807, 2.05) is 0 Å². The van der Waals surface area contributed by atoms with Crippen LogP contribution in [-0.4, -0.2) is 16.5 Å². The number of nitrogens with two attached hydrogens (primary N) is 1. The first-order chi connectivity index (χ1) is 5.81. The fourth-order valence-electron chi connectivity index (χ4n) is 1.34. The first-order valence-electron chi connectivity index (χ1n) is 3.98. The van der Waals surface area contributed by atoms with Gasteiger partial charge in [-0.15, -0.1) is 0 Å². The van der Waals surface area contributed by atoms with Crippen molar-refractivity contribution in [1.82, 2.24) is 9.97 Å². The molecule has 1 heterocycles. The van der Waals surface area contributed by atoms with Crippen molar-refractivity contribution >= 4 is 15.9 Å². The molecule has 0 amide bonds. The molecular formula is C8H10BrN3. The van der Waals surface area contributed by atoms with Gasteiger partial charge >= 0.3 is 0 Å². The summed E-state index contributed by atoms with van der Waals surface area (Å²) in [5.41, 5.74) is 5.53. The molecule has 1 aromatic heterocycles. The monoisotopic (exact) mass is 227 g/mol. The van der Waals surface area contributed by atoms with Gasteiger partial charge in [0.1, 0.15) is 5.82 Å². The largest absolute Gasteiger partial charge is 0.330 e. The van der Waals surface area contributed by atoms with E-state index in [0.29, 0.717) is 11.8 Å². The van der Waals surface area contributed by atoms with Gasteiger partial charge in [-0.2, -0.15) is 0 Å². The second-order valence-corrected chi connectivity index (χ2v) is 4.01. The van der Waals surface area contributed by atoms with Crippen molar-refractivity contribution in [2.75, 3.05) is 6.54 Å². The molecule has 2 N–H and O–H groups in total. The van der Waals surface area contributed by atoms with Gasteiger partial charge in [0.2, 0.25) is 0 Å². The summed E-state index contributed by atoms with van der Waals surface area (Å²) < 4.78 is 0.927. The van der Waals surface area contributed by atoms with Crippen LogP contribution in [-0.2, 0) is 0 Å². The number of halogens is 1. The number of nitrogens with zero attached hydrogens (tertiary/aromatic N) is 2. The molecule has 0 aliphatic heterocycles. The van der Waals surface area contributed by atoms with Crippen LogP contribution in [0.3, 0.4) is 0 Å². The average molecular weight is 228 g/mol. The van der Waals surface area contributed by atoms with Crippen molar-refractivity contribution < 1.29 is 0 Å². The van der Waals surface area contributed by atoms with Gasteiger partial charge in [-0.05, 0) is 34.8 Å². The lowest BCUT2D eigenvalue weighted by Gasteiger charge is -1.96. The summed E-state index contributed by atoms with van der Waals surface area (Å²) >= 11 is 3.30. The van der Waals surface area contributed by atoms with E-state index < -0.39 is 0 Å². The van der Waals surface area contributed by atoms with Crippen molar-refractivity contribution in [3.05, 3.63) is 22.7 Å². The SMILES string of the molecule is NC[C@@H]1C[C@H]1c1ncc(Br)cn1. The molecule has 0 bridgehead atoms. The van der Waals surface area contributed by atoms with Gasteiger partial charge in [0.15, 0.2) is 0 Å². The van der Waals surface area contributed by atoms with Gasteiger partial charge in [-0.1, -0.05) is 0 Å². The third-order valence-corrected chi connectivity index (χ3v) is 2.61. The normalized spacial score (nSPS) is 27.2. The second kappa shape index (κ2) is 3.11. The Morgan fingerprint density at radius 3 is 2.67 bits per heavy atom. The smallest absolute Gasteiger partial charge is 0.131 e. The Hall–Kier alpha value is -0.480. The van der Waals surface area contributed by atoms with E-state index in [0.717, 1.165) is 23.3 Å². The van der Waals surface area contributed by atoms with Crippen LogP contribution in [0.2, 0.25) is 0 Å². The number of aromatic nitrogens is 2. The molecule has 64 valence electrons. The standard InChI is InChI=1S/C8H10BrN3/c9-6-3-11-8(12-4-6)7-1-5(7)2-10/h3-5,7H,1-2,10H2/t5-,7+/m0/s1. The minimum Gasteiger partial charge on any atom is -0.330 e. The number of rotatable bonds is 2. The van der Waals surface area contributed by atoms with Crippen molar-refractivity contribution in [3.8, 4) is 0 Å². The zero-order valence-corrected chi connectivity index (χ0v) is 8.16. The highest BCUT2D eigenvalue weighted by molar-refractivity contribution is 9.10. The summed E-state index contributed by atoms with van der Waals surface area (Å²) in [6.07, 6.45) is 4.72. The van der Waals surface area contributed by atoms with E-state index in [4.69, 9.17) is 5.73 Å². The van der Waals surface area contributed by atoms with E-state index in [2.05, 4.69) is 25.9 Å². The minimum atomic E-state index is 0.517. The van der Waals surface area contributed by atoms with Crippen LogP contribution >= 0.6 is 15.9 Å². The third kappa shape index (κ3) is 1.49. The summed E-state index contributed by atoms with van der Waals surface area (Å²) in [6.45, 7) is 0.754. The van der Waals surface area contributed by atoms with Crippen LogP contribution in [0.25, 0.3) is 0 Å². The molecule has 1 aromatic rings. The molecule has 4 heteroatoms. The maximum atomic E-state index is 5.53. The molecule has 2 atom stereocenters. The van der Waals surface area contributed by atoms with Crippen LogP contribution < -0.4 is 5.73 Å². The Morgan fingerprint density at radius 2 is 2.17 bits per heavy atom. The molecule has 3 nitrogen and oxygen atoms in total. The second-order valence-electron chi connectivity index (χ2n) is 3.10. The van der Waals surface area contributed by atoms with E-state index in [-0.39, 0.29) is 0 Å². The molecule has 1 aliphatic rings. The minimum absolute atomic E-state index is 0.517. The van der Waals surface area contributed by atoms with E-state index in [1.54, 1.807) is 12.4 Å². The molecule has 12 heavy (non-hydrogen) atoms. The Balaban J connectivity index is 2.10. The zero-order valence-electron chi connectivity index (χ0n) is 6.57.